The summed E-state index contributed by atoms with van der Waals surface area (Å²) < 4.78 is 0. The van der Waals surface area contributed by atoms with Gasteiger partial charge in [-0.05, 0) is 24.6 Å². The smallest absolute Gasteiger partial charge is 0.240 e. The van der Waals surface area contributed by atoms with E-state index in [-0.39, 0.29) is 18.2 Å². The number of nitrogens with one attached hydrogen (secondary N) is 2. The van der Waals surface area contributed by atoms with Crippen molar-refractivity contribution in [2.24, 2.45) is 4.99 Å². The van der Waals surface area contributed by atoms with Crippen molar-refractivity contribution in [3.63, 3.8) is 0 Å². The third-order valence-corrected chi connectivity index (χ3v) is 4.49. The average molecular weight is 338 g/mol. The minimum Gasteiger partial charge on any atom is -0.326 e. The van der Waals surface area contributed by atoms with Crippen LogP contribution in [0, 0.1) is 6.92 Å². The van der Waals surface area contributed by atoms with Gasteiger partial charge in [-0.1, -0.05) is 35.5 Å². The Morgan fingerprint density at radius 1 is 1.59 bits per heavy atom. The summed E-state index contributed by atoms with van der Waals surface area (Å²) in [5.74, 6) is -0.442. The van der Waals surface area contributed by atoms with Crippen molar-refractivity contribution in [3.8, 4) is 0 Å². The minimum absolute atomic E-state index is 0.0785. The molecule has 0 spiro atoms. The van der Waals surface area contributed by atoms with Crippen LogP contribution in [0.5, 0.6) is 0 Å². The van der Waals surface area contributed by atoms with Crippen LogP contribution in [0.4, 0.5) is 5.69 Å². The number of thioether (sulfide) groups is 1. The largest absolute Gasteiger partial charge is 0.326 e. The summed E-state index contributed by atoms with van der Waals surface area (Å²) in [5, 5.41) is 6.04. The first-order valence-corrected chi connectivity index (χ1v) is 7.94. The van der Waals surface area contributed by atoms with Gasteiger partial charge in [0.05, 0.1) is 6.54 Å². The van der Waals surface area contributed by atoms with E-state index in [1.807, 2.05) is 13.0 Å². The molecule has 1 aliphatic rings. The van der Waals surface area contributed by atoms with Crippen LogP contribution >= 0.6 is 23.4 Å². The number of benzene rings is 1. The fourth-order valence-electron chi connectivity index (χ4n) is 1.81. The van der Waals surface area contributed by atoms with Gasteiger partial charge in [0.1, 0.15) is 5.25 Å². The second kappa shape index (κ2) is 7.47. The fourth-order valence-corrected chi connectivity index (χ4v) is 2.97. The molecule has 0 unspecified atom stereocenters. The number of carbonyl (C=O) groups is 2. The number of aryl methyl sites for hydroxylation is 1. The maximum Gasteiger partial charge on any atom is 0.240 e. The number of halogens is 1. The molecule has 1 aromatic carbocycles. The van der Waals surface area contributed by atoms with E-state index < -0.39 is 5.25 Å². The highest BCUT2D eigenvalue weighted by atomic mass is 35.5. The molecule has 1 aromatic rings. The quantitative estimate of drug-likeness (QED) is 0.812. The van der Waals surface area contributed by atoms with Gasteiger partial charge >= 0.3 is 0 Å². The van der Waals surface area contributed by atoms with Gasteiger partial charge in [-0.25, -0.2) is 0 Å². The Hall–Kier alpha value is -1.79. The Balaban J connectivity index is 1.93. The van der Waals surface area contributed by atoms with E-state index in [2.05, 4.69) is 22.2 Å². The first kappa shape index (κ1) is 16.6. The predicted octanol–water partition coefficient (Wildman–Crippen LogP) is 2.75. The van der Waals surface area contributed by atoms with Gasteiger partial charge in [-0.2, -0.15) is 0 Å². The topological polar surface area (TPSA) is 70.6 Å². The van der Waals surface area contributed by atoms with E-state index in [0.717, 1.165) is 5.56 Å². The number of carbonyl (C=O) groups excluding carboxylic acids is 2. The molecule has 2 rings (SSSR count). The first-order chi connectivity index (χ1) is 10.5. The lowest BCUT2D eigenvalue weighted by Gasteiger charge is -2.08. The van der Waals surface area contributed by atoms with Gasteiger partial charge in [-0.15, -0.1) is 6.58 Å². The lowest BCUT2D eigenvalue weighted by molar-refractivity contribution is -0.122. The number of aliphatic imine (C=N–C) groups is 1. The SMILES string of the molecule is C=CCN=C1NC(=O)[C@@H](CC(=O)Nc2ccc(C)c(Cl)c2)S1. The molecule has 2 amide bonds. The lowest BCUT2D eigenvalue weighted by atomic mass is 10.2. The fraction of sp³-hybridized carbons (Fsp3) is 0.267. The second-order valence-corrected chi connectivity index (χ2v) is 6.35. The zero-order chi connectivity index (χ0) is 16.1. The maximum atomic E-state index is 12.0. The molecule has 0 saturated carbocycles. The lowest BCUT2D eigenvalue weighted by Crippen LogP contribution is -2.28. The zero-order valence-electron chi connectivity index (χ0n) is 12.1. The van der Waals surface area contributed by atoms with E-state index in [1.54, 1.807) is 18.2 Å². The third-order valence-electron chi connectivity index (χ3n) is 2.97. The average Bonchev–Trinajstić information content (AvgIpc) is 2.81. The summed E-state index contributed by atoms with van der Waals surface area (Å²) in [7, 11) is 0. The van der Waals surface area contributed by atoms with E-state index >= 15 is 0 Å². The third kappa shape index (κ3) is 4.35. The molecule has 1 fully saturated rings. The van der Waals surface area contributed by atoms with E-state index in [1.165, 1.54) is 11.8 Å². The molecule has 1 atom stereocenters. The summed E-state index contributed by atoms with van der Waals surface area (Å²) in [6, 6.07) is 5.29. The molecule has 7 heteroatoms. The second-order valence-electron chi connectivity index (χ2n) is 4.75. The van der Waals surface area contributed by atoms with Crippen molar-refractivity contribution < 1.29 is 9.59 Å². The highest BCUT2D eigenvalue weighted by Gasteiger charge is 2.31. The van der Waals surface area contributed by atoms with Crippen LogP contribution in [0.1, 0.15) is 12.0 Å². The summed E-state index contributed by atoms with van der Waals surface area (Å²) >= 11 is 7.27. The summed E-state index contributed by atoms with van der Waals surface area (Å²) in [5.41, 5.74) is 1.55. The Bertz CT molecular complexity index is 646. The highest BCUT2D eigenvalue weighted by molar-refractivity contribution is 8.15. The molecule has 0 bridgehead atoms. The Morgan fingerprint density at radius 2 is 2.36 bits per heavy atom. The first-order valence-electron chi connectivity index (χ1n) is 6.68. The number of nitrogens with zero attached hydrogens (tertiary/aromatic N) is 1. The number of hydrogen-bond donors (Lipinski definition) is 2. The van der Waals surface area contributed by atoms with Crippen LogP contribution < -0.4 is 10.6 Å². The van der Waals surface area contributed by atoms with Crippen molar-refractivity contribution in [3.05, 3.63) is 41.4 Å². The molecule has 0 radical (unpaired) electrons. The van der Waals surface area contributed by atoms with Crippen LogP contribution in [0.25, 0.3) is 0 Å². The molecule has 1 aliphatic heterocycles. The molecule has 0 aliphatic carbocycles. The number of rotatable bonds is 5. The molecule has 116 valence electrons. The Morgan fingerprint density at radius 3 is 3.05 bits per heavy atom. The Labute approximate surface area is 138 Å². The molecule has 0 aromatic heterocycles. The van der Waals surface area contributed by atoms with Crippen molar-refractivity contribution in [2.45, 2.75) is 18.6 Å². The van der Waals surface area contributed by atoms with Gasteiger partial charge in [-0.3, -0.25) is 14.6 Å². The molecule has 5 nitrogen and oxygen atoms in total. The highest BCUT2D eigenvalue weighted by Crippen LogP contribution is 2.24. The van der Waals surface area contributed by atoms with Crippen molar-refractivity contribution in [2.75, 3.05) is 11.9 Å². The molecule has 1 saturated heterocycles. The number of anilines is 1. The monoisotopic (exact) mass is 337 g/mol. The normalized spacial score (nSPS) is 19.1. The number of amidine groups is 1. The van der Waals surface area contributed by atoms with Gasteiger partial charge in [0.2, 0.25) is 11.8 Å². The van der Waals surface area contributed by atoms with Crippen LogP contribution in [-0.4, -0.2) is 28.8 Å². The molecule has 22 heavy (non-hydrogen) atoms. The van der Waals surface area contributed by atoms with Gasteiger partial charge in [0.25, 0.3) is 0 Å². The van der Waals surface area contributed by atoms with Gasteiger partial charge < -0.3 is 10.6 Å². The van der Waals surface area contributed by atoms with E-state index in [4.69, 9.17) is 11.6 Å². The predicted molar refractivity (Wildman–Crippen MR) is 91.5 cm³/mol. The Kier molecular flexibility index (Phi) is 5.63. The molecule has 1 heterocycles. The van der Waals surface area contributed by atoms with E-state index in [9.17, 15) is 9.59 Å². The van der Waals surface area contributed by atoms with Crippen LogP contribution in [0.3, 0.4) is 0 Å². The molecule has 2 N–H and O–H groups in total. The van der Waals surface area contributed by atoms with Crippen LogP contribution in [0.2, 0.25) is 5.02 Å². The summed E-state index contributed by atoms with van der Waals surface area (Å²) in [4.78, 5) is 28.0. The summed E-state index contributed by atoms with van der Waals surface area (Å²) in [6.45, 7) is 5.88. The standard InChI is InChI=1S/C15H16ClN3O2S/c1-3-6-17-15-19-14(21)12(22-15)8-13(20)18-10-5-4-9(2)11(16)7-10/h3-5,7,12H,1,6,8H2,2H3,(H,18,20)(H,17,19,21)/t12-/m1/s1. The zero-order valence-corrected chi connectivity index (χ0v) is 13.6. The van der Waals surface area contributed by atoms with Crippen LogP contribution in [0.15, 0.2) is 35.8 Å². The maximum absolute atomic E-state index is 12.0. The number of amides is 2. The van der Waals surface area contributed by atoms with Crippen molar-refractivity contribution >= 4 is 46.0 Å². The van der Waals surface area contributed by atoms with E-state index in [0.29, 0.717) is 22.4 Å². The van der Waals surface area contributed by atoms with Crippen molar-refractivity contribution in [1.82, 2.24) is 5.32 Å². The number of hydrogen-bond acceptors (Lipinski definition) is 4. The van der Waals surface area contributed by atoms with Crippen LogP contribution in [-0.2, 0) is 9.59 Å². The van der Waals surface area contributed by atoms with Gasteiger partial charge in [0, 0.05) is 17.1 Å². The molecular weight excluding hydrogens is 322 g/mol. The molecular formula is C15H16ClN3O2S. The summed E-state index contributed by atoms with van der Waals surface area (Å²) in [6.07, 6.45) is 1.72. The van der Waals surface area contributed by atoms with Crippen molar-refractivity contribution in [1.29, 1.82) is 0 Å². The van der Waals surface area contributed by atoms with Gasteiger partial charge in [0.15, 0.2) is 5.17 Å². The minimum atomic E-state index is -0.468.